The summed E-state index contributed by atoms with van der Waals surface area (Å²) >= 11 is 0. The van der Waals surface area contributed by atoms with Crippen LogP contribution >= 0.6 is 0 Å². The molecule has 1 saturated carbocycles. The number of alkyl halides is 2. The lowest BCUT2D eigenvalue weighted by atomic mass is 9.94. The van der Waals surface area contributed by atoms with Crippen LogP contribution in [0.3, 0.4) is 0 Å². The molecule has 0 saturated heterocycles. The van der Waals surface area contributed by atoms with Crippen LogP contribution in [0.5, 0.6) is 11.5 Å². The summed E-state index contributed by atoms with van der Waals surface area (Å²) in [6.07, 6.45) is -2.59. The molecule has 1 aliphatic carbocycles. The van der Waals surface area contributed by atoms with Crippen LogP contribution < -0.4 is 20.5 Å². The molecule has 1 aromatic heterocycles. The summed E-state index contributed by atoms with van der Waals surface area (Å²) < 4.78 is 35.7. The summed E-state index contributed by atoms with van der Waals surface area (Å²) in [4.78, 5) is 29.3. The number of ether oxygens (including phenoxy) is 2. The van der Waals surface area contributed by atoms with Crippen molar-refractivity contribution in [2.45, 2.75) is 31.5 Å². The van der Waals surface area contributed by atoms with Gasteiger partial charge in [-0.25, -0.2) is 4.98 Å². The predicted molar refractivity (Wildman–Crippen MR) is 115 cm³/mol. The molecule has 2 amide bonds. The zero-order valence-corrected chi connectivity index (χ0v) is 17.5. The van der Waals surface area contributed by atoms with Crippen LogP contribution in [-0.4, -0.2) is 23.1 Å². The Balaban J connectivity index is 1.40. The monoisotopic (exact) mass is 451 g/mol. The molecule has 0 atom stereocenters. The van der Waals surface area contributed by atoms with E-state index < -0.39 is 17.6 Å². The Labute approximate surface area is 187 Å². The third kappa shape index (κ3) is 3.75. The van der Waals surface area contributed by atoms with Crippen LogP contribution in [0.1, 0.15) is 34.3 Å². The van der Waals surface area contributed by atoms with Gasteiger partial charge in [0.2, 0.25) is 11.8 Å². The van der Waals surface area contributed by atoms with Gasteiger partial charge >= 0.3 is 6.29 Å². The van der Waals surface area contributed by atoms with Gasteiger partial charge in [0.1, 0.15) is 5.82 Å². The van der Waals surface area contributed by atoms with Gasteiger partial charge in [0.25, 0.3) is 0 Å². The van der Waals surface area contributed by atoms with E-state index in [0.717, 1.165) is 5.56 Å². The van der Waals surface area contributed by atoms with E-state index in [1.807, 2.05) is 13.0 Å². The first kappa shape index (κ1) is 20.9. The molecule has 2 aliphatic rings. The fraction of sp³-hybridized carbons (Fsp3) is 0.208. The number of nitrogens with two attached hydrogens (primary N) is 1. The second-order valence-electron chi connectivity index (χ2n) is 8.17. The van der Waals surface area contributed by atoms with Gasteiger partial charge in [-0.1, -0.05) is 24.3 Å². The van der Waals surface area contributed by atoms with E-state index >= 15 is 0 Å². The molecule has 7 nitrogen and oxygen atoms in total. The number of pyridine rings is 1. The smallest absolute Gasteiger partial charge is 0.395 e. The maximum Gasteiger partial charge on any atom is 0.586 e. The topological polar surface area (TPSA) is 104 Å². The standard InChI is InChI=1S/C24H19F2N3O4/c1-13-5-8-19(28-20(13)14-3-2-4-15(11-14)21(27)30)29-22(31)23(9-10-23)16-6-7-17-18(12-16)33-24(25,26)32-17/h2-8,11-12H,9-10H2,1H3,(H2,27,30)(H,28,29,31). The van der Waals surface area contributed by atoms with Gasteiger partial charge in [0.15, 0.2) is 11.5 Å². The van der Waals surface area contributed by atoms with Crippen molar-refractivity contribution in [2.75, 3.05) is 5.32 Å². The number of amides is 2. The van der Waals surface area contributed by atoms with Crippen LogP contribution in [0.15, 0.2) is 54.6 Å². The lowest BCUT2D eigenvalue weighted by Gasteiger charge is -2.17. The Bertz CT molecular complexity index is 1300. The number of primary amides is 1. The molecule has 2 heterocycles. The number of nitrogens with one attached hydrogen (secondary N) is 1. The lowest BCUT2D eigenvalue weighted by Crippen LogP contribution is -2.28. The van der Waals surface area contributed by atoms with E-state index in [1.54, 1.807) is 36.4 Å². The molecule has 168 valence electrons. The minimum Gasteiger partial charge on any atom is -0.395 e. The number of carbonyl (C=O) groups excluding carboxylic acids is 2. The second-order valence-corrected chi connectivity index (χ2v) is 8.17. The summed E-state index contributed by atoms with van der Waals surface area (Å²) in [6.45, 7) is 1.87. The molecule has 0 bridgehead atoms. The highest BCUT2D eigenvalue weighted by Gasteiger charge is 2.53. The molecule has 9 heteroatoms. The number of hydrogen-bond acceptors (Lipinski definition) is 5. The Morgan fingerprint density at radius 1 is 1.03 bits per heavy atom. The van der Waals surface area contributed by atoms with Gasteiger partial charge in [-0.05, 0) is 61.2 Å². The highest BCUT2D eigenvalue weighted by atomic mass is 19.3. The Hall–Kier alpha value is -4.01. The number of aryl methyl sites for hydroxylation is 1. The molecule has 0 radical (unpaired) electrons. The maximum absolute atomic E-state index is 13.3. The highest BCUT2D eigenvalue weighted by Crippen LogP contribution is 2.52. The summed E-state index contributed by atoms with van der Waals surface area (Å²) in [5.41, 5.74) is 7.60. The number of nitrogens with zero attached hydrogens (tertiary/aromatic N) is 1. The van der Waals surface area contributed by atoms with Crippen LogP contribution in [0.2, 0.25) is 0 Å². The largest absolute Gasteiger partial charge is 0.586 e. The van der Waals surface area contributed by atoms with E-state index in [-0.39, 0.29) is 17.4 Å². The molecule has 3 aromatic rings. The molecular weight excluding hydrogens is 432 g/mol. The number of halogens is 2. The van der Waals surface area contributed by atoms with Crippen molar-refractivity contribution >= 4 is 17.6 Å². The van der Waals surface area contributed by atoms with Crippen molar-refractivity contribution in [3.8, 4) is 22.8 Å². The summed E-state index contributed by atoms with van der Waals surface area (Å²) in [5.74, 6) is -0.661. The molecule has 0 unspecified atom stereocenters. The van der Waals surface area contributed by atoms with Gasteiger partial charge in [0.05, 0.1) is 11.1 Å². The van der Waals surface area contributed by atoms with Gasteiger partial charge in [-0.3, -0.25) is 9.59 Å². The van der Waals surface area contributed by atoms with Crippen molar-refractivity contribution in [2.24, 2.45) is 5.73 Å². The first-order chi connectivity index (χ1) is 15.7. The molecule has 5 rings (SSSR count). The number of hydrogen-bond donors (Lipinski definition) is 2. The Kier molecular flexibility index (Phi) is 4.59. The van der Waals surface area contributed by atoms with Crippen LogP contribution in [0.25, 0.3) is 11.3 Å². The predicted octanol–water partition coefficient (Wildman–Crippen LogP) is 4.15. The summed E-state index contributed by atoms with van der Waals surface area (Å²) in [6, 6.07) is 14.7. The molecule has 0 spiro atoms. The minimum absolute atomic E-state index is 0.0667. The number of carbonyl (C=O) groups is 2. The van der Waals surface area contributed by atoms with E-state index in [1.165, 1.54) is 12.1 Å². The number of fused-ring (bicyclic) bond motifs is 1. The summed E-state index contributed by atoms with van der Waals surface area (Å²) in [7, 11) is 0. The second kappa shape index (κ2) is 7.26. The minimum atomic E-state index is -3.71. The van der Waals surface area contributed by atoms with Crippen LogP contribution in [0, 0.1) is 6.92 Å². The number of rotatable bonds is 5. The highest BCUT2D eigenvalue weighted by molar-refractivity contribution is 6.01. The van der Waals surface area contributed by atoms with Crippen molar-refractivity contribution in [3.05, 3.63) is 71.3 Å². The molecule has 1 fully saturated rings. The van der Waals surface area contributed by atoms with Gasteiger partial charge in [-0.15, -0.1) is 8.78 Å². The first-order valence-electron chi connectivity index (χ1n) is 10.3. The van der Waals surface area contributed by atoms with Gasteiger partial charge < -0.3 is 20.5 Å². The number of aromatic nitrogens is 1. The van der Waals surface area contributed by atoms with Crippen LogP contribution in [-0.2, 0) is 10.2 Å². The van der Waals surface area contributed by atoms with Crippen molar-refractivity contribution in [1.29, 1.82) is 0 Å². The number of benzene rings is 2. The zero-order valence-electron chi connectivity index (χ0n) is 17.5. The fourth-order valence-corrected chi connectivity index (χ4v) is 3.96. The normalized spacial score (nSPS) is 16.8. The average molecular weight is 451 g/mol. The van der Waals surface area contributed by atoms with E-state index in [2.05, 4.69) is 19.8 Å². The van der Waals surface area contributed by atoms with Crippen molar-refractivity contribution in [3.63, 3.8) is 0 Å². The fourth-order valence-electron chi connectivity index (χ4n) is 3.96. The molecule has 3 N–H and O–H groups in total. The van der Waals surface area contributed by atoms with E-state index in [0.29, 0.717) is 41.0 Å². The molecule has 1 aliphatic heterocycles. The average Bonchev–Trinajstić information content (AvgIpc) is 3.52. The van der Waals surface area contributed by atoms with Crippen molar-refractivity contribution < 1.29 is 27.8 Å². The SMILES string of the molecule is Cc1ccc(NC(=O)C2(c3ccc4c(c3)OC(F)(F)O4)CC2)nc1-c1cccc(C(N)=O)c1. The van der Waals surface area contributed by atoms with Gasteiger partial charge in [-0.2, -0.15) is 0 Å². The van der Waals surface area contributed by atoms with Gasteiger partial charge in [0, 0.05) is 11.1 Å². The first-order valence-corrected chi connectivity index (χ1v) is 10.3. The lowest BCUT2D eigenvalue weighted by molar-refractivity contribution is -0.286. The number of anilines is 1. The molecule has 33 heavy (non-hydrogen) atoms. The molecular formula is C24H19F2N3O4. The quantitative estimate of drug-likeness (QED) is 0.607. The third-order valence-electron chi connectivity index (χ3n) is 5.90. The summed E-state index contributed by atoms with van der Waals surface area (Å²) in [5, 5.41) is 2.84. The Morgan fingerprint density at radius 3 is 2.52 bits per heavy atom. The Morgan fingerprint density at radius 2 is 1.79 bits per heavy atom. The molecule has 2 aromatic carbocycles. The van der Waals surface area contributed by atoms with Crippen LogP contribution in [0.4, 0.5) is 14.6 Å². The zero-order chi connectivity index (χ0) is 23.4. The third-order valence-corrected chi connectivity index (χ3v) is 5.90. The van der Waals surface area contributed by atoms with Crippen molar-refractivity contribution in [1.82, 2.24) is 4.98 Å². The maximum atomic E-state index is 13.3. The van der Waals surface area contributed by atoms with E-state index in [9.17, 15) is 18.4 Å². The van der Waals surface area contributed by atoms with E-state index in [4.69, 9.17) is 5.73 Å².